The molecular weight excluding hydrogens is 146 g/mol. The van der Waals surface area contributed by atoms with Crippen LogP contribution in [-0.2, 0) is 0 Å². The lowest BCUT2D eigenvalue weighted by Crippen LogP contribution is -2.28. The van der Waals surface area contributed by atoms with E-state index >= 15 is 0 Å². The Labute approximate surface area is 68.8 Å². The van der Waals surface area contributed by atoms with E-state index in [1.165, 1.54) is 32.1 Å². The standard InChI is InChI=1S/C8H15N.ClH/c9-8-4-6-1-2-7(3-6)5-8;/h6-8H,1-5,9H2;1H. The Bertz CT molecular complexity index is 104. The molecule has 2 aliphatic carbocycles. The molecule has 0 spiro atoms. The highest BCUT2D eigenvalue weighted by Crippen LogP contribution is 2.41. The van der Waals surface area contributed by atoms with E-state index < -0.39 is 0 Å². The molecule has 2 aliphatic rings. The van der Waals surface area contributed by atoms with Crippen molar-refractivity contribution in [1.82, 2.24) is 0 Å². The maximum atomic E-state index is 5.86. The van der Waals surface area contributed by atoms with Crippen LogP contribution < -0.4 is 5.73 Å². The van der Waals surface area contributed by atoms with Crippen molar-refractivity contribution in [2.45, 2.75) is 38.1 Å². The van der Waals surface area contributed by atoms with Crippen LogP contribution in [0.5, 0.6) is 0 Å². The van der Waals surface area contributed by atoms with Gasteiger partial charge in [-0.1, -0.05) is 12.8 Å². The molecule has 2 saturated carbocycles. The van der Waals surface area contributed by atoms with Crippen molar-refractivity contribution in [3.8, 4) is 0 Å². The van der Waals surface area contributed by atoms with Gasteiger partial charge in [0.05, 0.1) is 0 Å². The summed E-state index contributed by atoms with van der Waals surface area (Å²) in [6.45, 7) is 0. The molecule has 2 fully saturated rings. The Morgan fingerprint density at radius 2 is 1.40 bits per heavy atom. The first-order valence-corrected chi connectivity index (χ1v) is 4.10. The summed E-state index contributed by atoms with van der Waals surface area (Å²) < 4.78 is 0. The molecule has 0 aliphatic heterocycles. The number of hydrogen-bond donors (Lipinski definition) is 1. The van der Waals surface area contributed by atoms with E-state index in [2.05, 4.69) is 0 Å². The Kier molecular flexibility index (Phi) is 2.59. The van der Waals surface area contributed by atoms with Gasteiger partial charge in [0.15, 0.2) is 0 Å². The highest BCUT2D eigenvalue weighted by atomic mass is 35.5. The molecule has 2 N–H and O–H groups in total. The Morgan fingerprint density at radius 1 is 0.900 bits per heavy atom. The summed E-state index contributed by atoms with van der Waals surface area (Å²) in [5.74, 6) is 2.03. The summed E-state index contributed by atoms with van der Waals surface area (Å²) in [5.41, 5.74) is 5.86. The van der Waals surface area contributed by atoms with Crippen LogP contribution in [0.4, 0.5) is 0 Å². The molecule has 0 radical (unpaired) electrons. The lowest BCUT2D eigenvalue weighted by molar-refractivity contribution is 0.320. The highest BCUT2D eigenvalue weighted by molar-refractivity contribution is 5.85. The van der Waals surface area contributed by atoms with Gasteiger partial charge in [-0.2, -0.15) is 0 Å². The number of fused-ring (bicyclic) bond motifs is 2. The van der Waals surface area contributed by atoms with Crippen molar-refractivity contribution in [3.05, 3.63) is 0 Å². The first-order valence-electron chi connectivity index (χ1n) is 4.10. The molecule has 0 aromatic carbocycles. The van der Waals surface area contributed by atoms with Crippen LogP contribution in [0.25, 0.3) is 0 Å². The normalized spacial score (nSPS) is 44.7. The molecule has 60 valence electrons. The molecule has 2 bridgehead atoms. The fourth-order valence-corrected chi connectivity index (χ4v) is 2.56. The summed E-state index contributed by atoms with van der Waals surface area (Å²) in [4.78, 5) is 0. The summed E-state index contributed by atoms with van der Waals surface area (Å²) in [6, 6.07) is 0.552. The number of halogens is 1. The first-order chi connectivity index (χ1) is 4.34. The van der Waals surface area contributed by atoms with Crippen molar-refractivity contribution in [2.24, 2.45) is 17.6 Å². The zero-order valence-corrected chi connectivity index (χ0v) is 7.07. The van der Waals surface area contributed by atoms with Crippen LogP contribution in [0, 0.1) is 11.8 Å². The van der Waals surface area contributed by atoms with Gasteiger partial charge < -0.3 is 5.73 Å². The molecule has 2 unspecified atom stereocenters. The van der Waals surface area contributed by atoms with Gasteiger partial charge in [0.2, 0.25) is 0 Å². The molecule has 0 aromatic heterocycles. The Morgan fingerprint density at radius 3 is 1.90 bits per heavy atom. The third-order valence-electron chi connectivity index (χ3n) is 2.92. The van der Waals surface area contributed by atoms with Gasteiger partial charge in [-0.3, -0.25) is 0 Å². The van der Waals surface area contributed by atoms with Gasteiger partial charge in [-0.25, -0.2) is 0 Å². The monoisotopic (exact) mass is 161 g/mol. The molecule has 0 amide bonds. The van der Waals surface area contributed by atoms with Gasteiger partial charge in [0.25, 0.3) is 0 Å². The number of nitrogens with two attached hydrogens (primary N) is 1. The average molecular weight is 162 g/mol. The third-order valence-corrected chi connectivity index (χ3v) is 2.92. The molecule has 10 heavy (non-hydrogen) atoms. The molecule has 2 heteroatoms. The predicted octanol–water partition coefficient (Wildman–Crippen LogP) is 1.95. The minimum absolute atomic E-state index is 0. The molecule has 2 rings (SSSR count). The molecule has 2 atom stereocenters. The minimum Gasteiger partial charge on any atom is -0.328 e. The summed E-state index contributed by atoms with van der Waals surface area (Å²) in [5, 5.41) is 0. The van der Waals surface area contributed by atoms with E-state index in [9.17, 15) is 0 Å². The van der Waals surface area contributed by atoms with Crippen molar-refractivity contribution in [2.75, 3.05) is 0 Å². The molecule has 0 saturated heterocycles. The molecule has 1 nitrogen and oxygen atoms in total. The summed E-state index contributed by atoms with van der Waals surface area (Å²) in [7, 11) is 0. The Hall–Kier alpha value is 0.250. The van der Waals surface area contributed by atoms with E-state index in [4.69, 9.17) is 5.73 Å². The maximum Gasteiger partial charge on any atom is 0.00441 e. The lowest BCUT2D eigenvalue weighted by Gasteiger charge is -2.23. The van der Waals surface area contributed by atoms with Crippen LogP contribution in [0.15, 0.2) is 0 Å². The van der Waals surface area contributed by atoms with Crippen LogP contribution in [0.2, 0.25) is 0 Å². The second kappa shape index (κ2) is 3.10. The molecule has 0 aromatic rings. The minimum atomic E-state index is 0. The zero-order valence-electron chi connectivity index (χ0n) is 6.25. The van der Waals surface area contributed by atoms with Gasteiger partial charge in [0, 0.05) is 6.04 Å². The van der Waals surface area contributed by atoms with Crippen molar-refractivity contribution < 1.29 is 0 Å². The van der Waals surface area contributed by atoms with E-state index in [0.29, 0.717) is 6.04 Å². The van der Waals surface area contributed by atoms with E-state index in [1.54, 1.807) is 0 Å². The van der Waals surface area contributed by atoms with Gasteiger partial charge >= 0.3 is 0 Å². The number of hydrogen-bond acceptors (Lipinski definition) is 1. The summed E-state index contributed by atoms with van der Waals surface area (Å²) >= 11 is 0. The van der Waals surface area contributed by atoms with E-state index in [0.717, 1.165) is 11.8 Å². The fraction of sp³-hybridized carbons (Fsp3) is 1.00. The second-order valence-electron chi connectivity index (χ2n) is 3.78. The van der Waals surface area contributed by atoms with Crippen LogP contribution in [0.3, 0.4) is 0 Å². The van der Waals surface area contributed by atoms with E-state index in [1.807, 2.05) is 0 Å². The van der Waals surface area contributed by atoms with Crippen molar-refractivity contribution in [3.63, 3.8) is 0 Å². The first kappa shape index (κ1) is 8.35. The maximum absolute atomic E-state index is 5.86. The van der Waals surface area contributed by atoms with Crippen LogP contribution >= 0.6 is 12.4 Å². The largest absolute Gasteiger partial charge is 0.328 e. The molecular formula is C8H16ClN. The second-order valence-corrected chi connectivity index (χ2v) is 3.78. The quantitative estimate of drug-likeness (QED) is 0.578. The predicted molar refractivity (Wildman–Crippen MR) is 45.3 cm³/mol. The smallest absolute Gasteiger partial charge is 0.00441 e. The van der Waals surface area contributed by atoms with Crippen LogP contribution in [0.1, 0.15) is 32.1 Å². The lowest BCUT2D eigenvalue weighted by atomic mass is 9.86. The molecule has 0 heterocycles. The zero-order chi connectivity index (χ0) is 6.27. The Balaban J connectivity index is 0.000000500. The van der Waals surface area contributed by atoms with Crippen molar-refractivity contribution >= 4 is 12.4 Å². The highest BCUT2D eigenvalue weighted by Gasteiger charge is 2.31. The summed E-state index contributed by atoms with van der Waals surface area (Å²) in [6.07, 6.45) is 7.07. The van der Waals surface area contributed by atoms with Gasteiger partial charge in [0.1, 0.15) is 0 Å². The van der Waals surface area contributed by atoms with Gasteiger partial charge in [-0.05, 0) is 31.1 Å². The van der Waals surface area contributed by atoms with Crippen molar-refractivity contribution in [1.29, 1.82) is 0 Å². The van der Waals surface area contributed by atoms with Crippen LogP contribution in [-0.4, -0.2) is 6.04 Å². The SMILES string of the molecule is Cl.NC1CC2CCC(C1)C2. The van der Waals surface area contributed by atoms with E-state index in [-0.39, 0.29) is 12.4 Å². The third kappa shape index (κ3) is 1.46. The van der Waals surface area contributed by atoms with Gasteiger partial charge in [-0.15, -0.1) is 12.4 Å². The topological polar surface area (TPSA) is 26.0 Å². The fourth-order valence-electron chi connectivity index (χ4n) is 2.56. The average Bonchev–Trinajstić information content (AvgIpc) is 2.11. The number of rotatable bonds is 0.